The lowest BCUT2D eigenvalue weighted by Crippen LogP contribution is -2.45. The Balaban J connectivity index is 2.25. The average Bonchev–Trinajstić information content (AvgIpc) is 2.51. The Morgan fingerprint density at radius 2 is 2.08 bits per heavy atom. The van der Waals surface area contributed by atoms with Crippen LogP contribution in [0.2, 0.25) is 0 Å². The topological polar surface area (TPSA) is 63.6 Å². The van der Waals surface area contributed by atoms with Crippen molar-refractivity contribution >= 4 is 11.8 Å². The number of carbonyl (C=O) groups excluding carboxylic acids is 2. The first-order chi connectivity index (χ1) is 11.2. The van der Waals surface area contributed by atoms with Gasteiger partial charge in [-0.25, -0.2) is 4.79 Å². The fourth-order valence-corrected chi connectivity index (χ4v) is 3.78. The second kappa shape index (κ2) is 7.06. The van der Waals surface area contributed by atoms with Gasteiger partial charge in [-0.1, -0.05) is 25.0 Å². The molecule has 1 saturated carbocycles. The Labute approximate surface area is 144 Å². The van der Waals surface area contributed by atoms with Crippen LogP contribution in [0.3, 0.4) is 0 Å². The average molecular weight is 332 g/mol. The van der Waals surface area contributed by atoms with Crippen LogP contribution in [-0.2, 0) is 14.3 Å². The Morgan fingerprint density at radius 1 is 1.42 bits per heavy atom. The summed E-state index contributed by atoms with van der Waals surface area (Å²) in [5, 5.41) is 8.92. The smallest absolute Gasteiger partial charge is 0.333 e. The monoisotopic (exact) mass is 332 g/mol. The molecule has 3 atom stereocenters. The third-order valence-corrected chi connectivity index (χ3v) is 5.72. The maximum absolute atomic E-state index is 12.3. The molecule has 0 unspecified atom stereocenters. The summed E-state index contributed by atoms with van der Waals surface area (Å²) in [5.74, 6) is -0.107. The minimum absolute atomic E-state index is 0.130. The molecule has 0 aromatic carbocycles. The van der Waals surface area contributed by atoms with Crippen LogP contribution in [0.25, 0.3) is 0 Å². The zero-order chi connectivity index (χ0) is 18.1. The van der Waals surface area contributed by atoms with Gasteiger partial charge in [-0.05, 0) is 63.2 Å². The molecule has 4 nitrogen and oxygen atoms in total. The fourth-order valence-electron chi connectivity index (χ4n) is 3.78. The minimum atomic E-state index is -0.369. The van der Waals surface area contributed by atoms with Crippen molar-refractivity contribution in [3.05, 3.63) is 34.4 Å². The van der Waals surface area contributed by atoms with Gasteiger partial charge in [0.2, 0.25) is 0 Å². The predicted octanol–water partition coefficient (Wildman–Crippen LogP) is 3.51. The zero-order valence-electron chi connectivity index (χ0n) is 15.3. The normalized spacial score (nSPS) is 30.6. The van der Waals surface area contributed by atoms with E-state index < -0.39 is 0 Å². The van der Waals surface area contributed by atoms with Crippen molar-refractivity contribution in [3.8, 4) is 0 Å². The predicted molar refractivity (Wildman–Crippen MR) is 93.3 cm³/mol. The molecule has 0 aromatic rings. The summed E-state index contributed by atoms with van der Waals surface area (Å²) in [7, 11) is 0. The molecule has 4 heteroatoms. The van der Waals surface area contributed by atoms with Gasteiger partial charge in [-0.15, -0.1) is 0 Å². The van der Waals surface area contributed by atoms with E-state index in [0.717, 1.165) is 24.0 Å². The first-order valence-electron chi connectivity index (χ1n) is 8.61. The molecule has 0 radical (unpaired) electrons. The lowest BCUT2D eigenvalue weighted by molar-refractivity contribution is -0.151. The van der Waals surface area contributed by atoms with Crippen LogP contribution in [0, 0.1) is 11.3 Å². The van der Waals surface area contributed by atoms with Crippen molar-refractivity contribution < 1.29 is 19.4 Å². The molecule has 1 N–H and O–H groups in total. The number of allylic oxidation sites excluding steroid dienone is 4. The van der Waals surface area contributed by atoms with E-state index in [0.29, 0.717) is 12.0 Å². The van der Waals surface area contributed by atoms with Gasteiger partial charge in [0.1, 0.15) is 6.10 Å². The van der Waals surface area contributed by atoms with Crippen LogP contribution < -0.4 is 0 Å². The lowest BCUT2D eigenvalue weighted by atomic mass is 9.58. The largest absolute Gasteiger partial charge is 0.459 e. The molecule has 0 heterocycles. The lowest BCUT2D eigenvalue weighted by Gasteiger charge is -2.48. The first-order valence-corrected chi connectivity index (χ1v) is 8.61. The van der Waals surface area contributed by atoms with E-state index in [1.165, 1.54) is 11.6 Å². The number of fused-ring (bicyclic) bond motifs is 1. The summed E-state index contributed by atoms with van der Waals surface area (Å²) in [6, 6.07) is 0. The van der Waals surface area contributed by atoms with Crippen molar-refractivity contribution in [2.24, 2.45) is 11.3 Å². The summed E-state index contributed by atoms with van der Waals surface area (Å²) in [6.07, 6.45) is 5.32. The van der Waals surface area contributed by atoms with Crippen LogP contribution in [0.1, 0.15) is 53.9 Å². The zero-order valence-corrected chi connectivity index (χ0v) is 15.3. The van der Waals surface area contributed by atoms with E-state index in [9.17, 15) is 9.59 Å². The number of esters is 1. The molecule has 2 rings (SSSR count). The quantitative estimate of drug-likeness (QED) is 0.634. The number of hydrogen-bond acceptors (Lipinski definition) is 4. The third kappa shape index (κ3) is 3.39. The summed E-state index contributed by atoms with van der Waals surface area (Å²) in [5.41, 5.74) is 3.40. The molecular weight excluding hydrogens is 304 g/mol. The maximum Gasteiger partial charge on any atom is 0.333 e. The molecule has 0 amide bonds. The highest BCUT2D eigenvalue weighted by molar-refractivity contribution is 6.06. The second-order valence-corrected chi connectivity index (χ2v) is 7.45. The molecule has 0 bridgehead atoms. The van der Waals surface area contributed by atoms with E-state index in [-0.39, 0.29) is 35.8 Å². The van der Waals surface area contributed by atoms with Crippen LogP contribution in [0.4, 0.5) is 0 Å². The van der Waals surface area contributed by atoms with Gasteiger partial charge >= 0.3 is 5.97 Å². The van der Waals surface area contributed by atoms with Crippen molar-refractivity contribution in [1.82, 2.24) is 0 Å². The van der Waals surface area contributed by atoms with Crippen molar-refractivity contribution in [2.75, 3.05) is 6.61 Å². The Hall–Kier alpha value is -1.68. The Morgan fingerprint density at radius 3 is 2.67 bits per heavy atom. The summed E-state index contributed by atoms with van der Waals surface area (Å²) >= 11 is 0. The van der Waals surface area contributed by atoms with E-state index in [2.05, 4.69) is 13.8 Å². The molecule has 132 valence electrons. The van der Waals surface area contributed by atoms with E-state index in [4.69, 9.17) is 9.84 Å². The van der Waals surface area contributed by atoms with Crippen LogP contribution in [0.15, 0.2) is 34.4 Å². The van der Waals surface area contributed by atoms with Gasteiger partial charge in [0, 0.05) is 11.5 Å². The van der Waals surface area contributed by atoms with Gasteiger partial charge in [0.25, 0.3) is 0 Å². The number of ketones is 1. The second-order valence-electron chi connectivity index (χ2n) is 7.45. The van der Waals surface area contributed by atoms with Crippen molar-refractivity contribution in [1.29, 1.82) is 0 Å². The fraction of sp³-hybridized carbons (Fsp3) is 0.600. The number of aliphatic hydroxyl groups excluding tert-OH is 1. The molecular formula is C20H28O4. The number of rotatable bonds is 3. The molecule has 2 aliphatic carbocycles. The van der Waals surface area contributed by atoms with Gasteiger partial charge in [-0.3, -0.25) is 4.79 Å². The van der Waals surface area contributed by atoms with E-state index in [1.807, 2.05) is 13.8 Å². The Bertz CT molecular complexity index is 634. The highest BCUT2D eigenvalue weighted by Gasteiger charge is 2.47. The highest BCUT2D eigenvalue weighted by atomic mass is 16.5. The summed E-state index contributed by atoms with van der Waals surface area (Å²) in [6.45, 7) is 9.72. The molecule has 24 heavy (non-hydrogen) atoms. The van der Waals surface area contributed by atoms with Crippen molar-refractivity contribution in [3.63, 3.8) is 0 Å². The van der Waals surface area contributed by atoms with Gasteiger partial charge in [0.15, 0.2) is 5.78 Å². The minimum Gasteiger partial charge on any atom is -0.459 e. The SMILES string of the molecule is CC(C)=C1C[C@]2(C)C(=CC1=O)CC[C@H](OC(=O)/C(C)=C/CO)[C@H]2C. The molecule has 0 spiro atoms. The van der Waals surface area contributed by atoms with Gasteiger partial charge in [0.05, 0.1) is 6.61 Å². The summed E-state index contributed by atoms with van der Waals surface area (Å²) < 4.78 is 5.71. The van der Waals surface area contributed by atoms with Crippen LogP contribution in [-0.4, -0.2) is 29.6 Å². The van der Waals surface area contributed by atoms with Crippen molar-refractivity contribution in [2.45, 2.75) is 60.0 Å². The first kappa shape index (κ1) is 18.7. The van der Waals surface area contributed by atoms with Crippen LogP contribution in [0.5, 0.6) is 0 Å². The highest BCUT2D eigenvalue weighted by Crippen LogP contribution is 2.52. The third-order valence-electron chi connectivity index (χ3n) is 5.72. The number of carbonyl (C=O) groups is 2. The van der Waals surface area contributed by atoms with Gasteiger partial charge in [-0.2, -0.15) is 0 Å². The number of ether oxygens (including phenoxy) is 1. The molecule has 0 aliphatic heterocycles. The maximum atomic E-state index is 12.3. The van der Waals surface area contributed by atoms with Crippen LogP contribution >= 0.6 is 0 Å². The summed E-state index contributed by atoms with van der Waals surface area (Å²) in [4.78, 5) is 24.5. The Kier molecular flexibility index (Phi) is 5.49. The van der Waals surface area contributed by atoms with E-state index in [1.54, 1.807) is 13.0 Å². The standard InChI is InChI=1S/C20H28O4/c1-12(2)16-11-20(5)14(4)18(7-6-15(20)10-17(16)22)24-19(23)13(3)8-9-21/h8,10,14,18,21H,6-7,9,11H2,1-5H3/b13-8+/t14-,18+,20+/m1/s1. The molecule has 0 aromatic heterocycles. The van der Waals surface area contributed by atoms with Gasteiger partial charge < -0.3 is 9.84 Å². The number of aliphatic hydroxyl groups is 1. The molecule has 1 fully saturated rings. The molecule has 2 aliphatic rings. The molecule has 0 saturated heterocycles. The van der Waals surface area contributed by atoms with E-state index >= 15 is 0 Å². The number of hydrogen-bond donors (Lipinski definition) is 1.